The number of likely N-dealkylation sites (N-methyl/N-ethyl adjacent to an activating group) is 1. The van der Waals surface area contributed by atoms with Crippen LogP contribution in [0.4, 0.5) is 4.39 Å². The van der Waals surface area contributed by atoms with E-state index in [-0.39, 0.29) is 5.82 Å². The zero-order chi connectivity index (χ0) is 17.8. The molecule has 0 radical (unpaired) electrons. The minimum absolute atomic E-state index is 0.279. The first-order valence-corrected chi connectivity index (χ1v) is 9.32. The van der Waals surface area contributed by atoms with Crippen LogP contribution in [0.25, 0.3) is 11.0 Å². The Morgan fingerprint density at radius 3 is 2.80 bits per heavy atom. The fourth-order valence-corrected chi connectivity index (χ4v) is 3.68. The zero-order valence-corrected chi connectivity index (χ0v) is 15.3. The Balaban J connectivity index is 1.55. The standard InChI is InChI=1S/C20H28FN3O/c1-4-15(3)24(5-2)13-12-23-10-8-16(9-11-23)20-18-7-6-17(21)14-19(18)25-22-20/h6-7,14,16H,3-5,8-13H2,1-2H3. The van der Waals surface area contributed by atoms with Crippen LogP contribution in [0.3, 0.4) is 0 Å². The van der Waals surface area contributed by atoms with Gasteiger partial charge in [0.25, 0.3) is 0 Å². The van der Waals surface area contributed by atoms with E-state index in [4.69, 9.17) is 4.52 Å². The van der Waals surface area contributed by atoms with Crippen molar-refractivity contribution in [3.05, 3.63) is 42.0 Å². The predicted molar refractivity (Wildman–Crippen MR) is 99.1 cm³/mol. The van der Waals surface area contributed by atoms with E-state index in [9.17, 15) is 4.39 Å². The Morgan fingerprint density at radius 1 is 1.36 bits per heavy atom. The third kappa shape index (κ3) is 4.03. The van der Waals surface area contributed by atoms with E-state index >= 15 is 0 Å². The topological polar surface area (TPSA) is 32.5 Å². The van der Waals surface area contributed by atoms with Gasteiger partial charge >= 0.3 is 0 Å². The van der Waals surface area contributed by atoms with Crippen molar-refractivity contribution in [3.8, 4) is 0 Å². The van der Waals surface area contributed by atoms with Crippen molar-refractivity contribution < 1.29 is 8.91 Å². The maximum atomic E-state index is 13.3. The second-order valence-corrected chi connectivity index (χ2v) is 6.82. The van der Waals surface area contributed by atoms with Crippen molar-refractivity contribution in [2.45, 2.75) is 39.0 Å². The number of hydrogen-bond donors (Lipinski definition) is 0. The number of allylic oxidation sites excluding steroid dienone is 1. The van der Waals surface area contributed by atoms with E-state index in [2.05, 4.69) is 35.4 Å². The summed E-state index contributed by atoms with van der Waals surface area (Å²) in [6.07, 6.45) is 3.15. The number of piperidine rings is 1. The summed E-state index contributed by atoms with van der Waals surface area (Å²) in [5, 5.41) is 5.18. The molecule has 1 saturated heterocycles. The van der Waals surface area contributed by atoms with Crippen LogP contribution in [-0.2, 0) is 0 Å². The van der Waals surface area contributed by atoms with Crippen LogP contribution in [0.1, 0.15) is 44.7 Å². The molecule has 0 N–H and O–H groups in total. The van der Waals surface area contributed by atoms with Crippen LogP contribution >= 0.6 is 0 Å². The van der Waals surface area contributed by atoms with E-state index in [0.717, 1.165) is 63.1 Å². The third-order valence-electron chi connectivity index (χ3n) is 5.36. The van der Waals surface area contributed by atoms with E-state index in [1.807, 2.05) is 0 Å². The highest BCUT2D eigenvalue weighted by atomic mass is 19.1. The first kappa shape index (κ1) is 17.9. The summed E-state index contributed by atoms with van der Waals surface area (Å²) in [5.74, 6) is 0.120. The van der Waals surface area contributed by atoms with Gasteiger partial charge in [0, 0.05) is 42.7 Å². The van der Waals surface area contributed by atoms with Crippen LogP contribution in [-0.4, -0.2) is 47.7 Å². The Morgan fingerprint density at radius 2 is 2.12 bits per heavy atom. The van der Waals surface area contributed by atoms with Crippen LogP contribution in [0, 0.1) is 5.82 Å². The minimum atomic E-state index is -0.279. The van der Waals surface area contributed by atoms with Gasteiger partial charge in [-0.05, 0) is 51.4 Å². The number of benzene rings is 1. The van der Waals surface area contributed by atoms with Gasteiger partial charge in [0.15, 0.2) is 5.58 Å². The fraction of sp³-hybridized carbons (Fsp3) is 0.550. The van der Waals surface area contributed by atoms with Crippen LogP contribution < -0.4 is 0 Å². The van der Waals surface area contributed by atoms with Gasteiger partial charge in [-0.2, -0.15) is 0 Å². The summed E-state index contributed by atoms with van der Waals surface area (Å²) in [5.41, 5.74) is 2.76. The molecule has 1 aromatic carbocycles. The molecule has 0 unspecified atom stereocenters. The molecule has 1 fully saturated rings. The van der Waals surface area contributed by atoms with Crippen molar-refractivity contribution in [1.82, 2.24) is 15.0 Å². The number of hydrogen-bond acceptors (Lipinski definition) is 4. The van der Waals surface area contributed by atoms with Crippen molar-refractivity contribution in [3.63, 3.8) is 0 Å². The predicted octanol–water partition coefficient (Wildman–Crippen LogP) is 4.39. The normalized spacial score (nSPS) is 16.4. The summed E-state index contributed by atoms with van der Waals surface area (Å²) in [7, 11) is 0. The van der Waals surface area contributed by atoms with Crippen molar-refractivity contribution in [1.29, 1.82) is 0 Å². The summed E-state index contributed by atoms with van der Waals surface area (Å²) in [4.78, 5) is 4.88. The molecule has 0 aliphatic carbocycles. The maximum absolute atomic E-state index is 13.3. The fourth-order valence-electron chi connectivity index (χ4n) is 3.68. The lowest BCUT2D eigenvalue weighted by Gasteiger charge is -2.33. The largest absolute Gasteiger partial charge is 0.374 e. The van der Waals surface area contributed by atoms with Gasteiger partial charge in [0.2, 0.25) is 0 Å². The average molecular weight is 345 g/mol. The first-order valence-electron chi connectivity index (χ1n) is 9.32. The van der Waals surface area contributed by atoms with Gasteiger partial charge in [-0.3, -0.25) is 0 Å². The van der Waals surface area contributed by atoms with Crippen LogP contribution in [0.5, 0.6) is 0 Å². The Kier molecular flexibility index (Phi) is 5.74. The van der Waals surface area contributed by atoms with Gasteiger partial charge in [0.1, 0.15) is 5.82 Å². The highest BCUT2D eigenvalue weighted by Gasteiger charge is 2.25. The monoisotopic (exact) mass is 345 g/mol. The number of nitrogens with zero attached hydrogens (tertiary/aromatic N) is 3. The quantitative estimate of drug-likeness (QED) is 0.745. The van der Waals surface area contributed by atoms with E-state index in [1.165, 1.54) is 17.8 Å². The molecule has 0 saturated carbocycles. The van der Waals surface area contributed by atoms with Crippen LogP contribution in [0.15, 0.2) is 35.0 Å². The average Bonchev–Trinajstić information content (AvgIpc) is 3.05. The molecule has 3 rings (SSSR count). The number of fused-ring (bicyclic) bond motifs is 1. The van der Waals surface area contributed by atoms with Gasteiger partial charge in [-0.25, -0.2) is 4.39 Å². The molecule has 1 aromatic heterocycles. The second-order valence-electron chi connectivity index (χ2n) is 6.82. The SMILES string of the molecule is C=C(CC)N(CC)CCN1CCC(c2noc3cc(F)ccc23)CC1. The molecule has 1 aliphatic heterocycles. The summed E-state index contributed by atoms with van der Waals surface area (Å²) in [6, 6.07) is 4.69. The molecular formula is C20H28FN3O. The smallest absolute Gasteiger partial charge is 0.170 e. The van der Waals surface area contributed by atoms with Crippen molar-refractivity contribution in [2.75, 3.05) is 32.7 Å². The maximum Gasteiger partial charge on any atom is 0.170 e. The lowest BCUT2D eigenvalue weighted by atomic mass is 9.91. The molecule has 136 valence electrons. The Labute approximate surface area is 149 Å². The summed E-state index contributed by atoms with van der Waals surface area (Å²) in [6.45, 7) is 13.8. The highest BCUT2D eigenvalue weighted by Crippen LogP contribution is 2.32. The molecule has 2 aromatic rings. The lowest BCUT2D eigenvalue weighted by molar-refractivity contribution is 0.186. The van der Waals surface area contributed by atoms with Gasteiger partial charge in [0.05, 0.1) is 5.69 Å². The van der Waals surface area contributed by atoms with E-state index in [1.54, 1.807) is 6.07 Å². The van der Waals surface area contributed by atoms with Gasteiger partial charge in [-0.15, -0.1) is 0 Å². The molecule has 0 spiro atoms. The van der Waals surface area contributed by atoms with E-state index in [0.29, 0.717) is 11.5 Å². The number of likely N-dealkylation sites (tertiary alicyclic amines) is 1. The summed E-state index contributed by atoms with van der Waals surface area (Å²) >= 11 is 0. The Hall–Kier alpha value is -1.88. The molecular weight excluding hydrogens is 317 g/mol. The highest BCUT2D eigenvalue weighted by molar-refractivity contribution is 5.79. The molecule has 0 atom stereocenters. The molecule has 4 nitrogen and oxygen atoms in total. The second kappa shape index (κ2) is 8.00. The third-order valence-corrected chi connectivity index (χ3v) is 5.36. The van der Waals surface area contributed by atoms with Crippen molar-refractivity contribution >= 4 is 11.0 Å². The number of rotatable bonds is 7. The summed E-state index contributed by atoms with van der Waals surface area (Å²) < 4.78 is 18.6. The number of halogens is 1. The molecule has 2 heterocycles. The molecule has 25 heavy (non-hydrogen) atoms. The minimum Gasteiger partial charge on any atom is -0.374 e. The molecule has 0 amide bonds. The number of aromatic nitrogens is 1. The van der Waals surface area contributed by atoms with Gasteiger partial charge in [-0.1, -0.05) is 18.7 Å². The van der Waals surface area contributed by atoms with Gasteiger partial charge < -0.3 is 14.3 Å². The molecule has 1 aliphatic rings. The first-order chi connectivity index (χ1) is 12.1. The molecule has 5 heteroatoms. The lowest BCUT2D eigenvalue weighted by Crippen LogP contribution is -2.39. The Bertz CT molecular complexity index is 719. The van der Waals surface area contributed by atoms with Crippen molar-refractivity contribution in [2.24, 2.45) is 0 Å². The zero-order valence-electron chi connectivity index (χ0n) is 15.3. The molecule has 0 bridgehead atoms. The van der Waals surface area contributed by atoms with Crippen LogP contribution in [0.2, 0.25) is 0 Å². The van der Waals surface area contributed by atoms with E-state index < -0.39 is 0 Å².